The van der Waals surface area contributed by atoms with Crippen LogP contribution in [0, 0.1) is 5.92 Å². The standard InChI is InChI=1S/C31H34F3NO2/c1-21(2)15-29(30(36)37)27-17-25(23-10-12-28(13-11-23)31(32,33)34)16-26(18-27)24-9-6-14-35(20-24)19-22-7-4-3-5-8-22/h3-5,7-8,10-13,16-18,21,24,29H,6,9,14-15,19-20H2,1-2H3,(H,36,37). The number of rotatable bonds is 8. The number of aliphatic carboxylic acids is 1. The minimum atomic E-state index is -4.40. The molecule has 1 saturated heterocycles. The van der Waals surface area contributed by atoms with E-state index in [4.69, 9.17) is 0 Å². The number of piperidine rings is 1. The maximum absolute atomic E-state index is 13.1. The van der Waals surface area contributed by atoms with Gasteiger partial charge in [0, 0.05) is 13.1 Å². The molecule has 3 nitrogen and oxygen atoms in total. The maximum Gasteiger partial charge on any atom is 0.416 e. The Labute approximate surface area is 216 Å². The van der Waals surface area contributed by atoms with Crippen LogP contribution in [0.3, 0.4) is 0 Å². The van der Waals surface area contributed by atoms with Crippen molar-refractivity contribution in [2.75, 3.05) is 13.1 Å². The molecule has 4 rings (SSSR count). The summed E-state index contributed by atoms with van der Waals surface area (Å²) in [7, 11) is 0. The van der Waals surface area contributed by atoms with Crippen molar-refractivity contribution in [3.63, 3.8) is 0 Å². The molecule has 0 aromatic heterocycles. The van der Waals surface area contributed by atoms with Gasteiger partial charge >= 0.3 is 12.1 Å². The van der Waals surface area contributed by atoms with Gasteiger partial charge in [-0.1, -0.05) is 74.5 Å². The van der Waals surface area contributed by atoms with Gasteiger partial charge in [-0.25, -0.2) is 0 Å². The second-order valence-electron chi connectivity index (χ2n) is 10.5. The topological polar surface area (TPSA) is 40.5 Å². The zero-order chi connectivity index (χ0) is 26.6. The Bertz CT molecular complexity index is 1190. The van der Waals surface area contributed by atoms with Gasteiger partial charge in [0.2, 0.25) is 0 Å². The third kappa shape index (κ3) is 7.01. The highest BCUT2D eigenvalue weighted by Crippen LogP contribution is 2.37. The van der Waals surface area contributed by atoms with E-state index in [0.29, 0.717) is 17.5 Å². The van der Waals surface area contributed by atoms with Gasteiger partial charge in [0.1, 0.15) is 0 Å². The third-order valence-electron chi connectivity index (χ3n) is 7.16. The molecule has 0 spiro atoms. The van der Waals surface area contributed by atoms with Crippen LogP contribution >= 0.6 is 0 Å². The number of halogens is 3. The average Bonchev–Trinajstić information content (AvgIpc) is 2.87. The van der Waals surface area contributed by atoms with Crippen molar-refractivity contribution < 1.29 is 23.1 Å². The highest BCUT2D eigenvalue weighted by atomic mass is 19.4. The Morgan fingerprint density at radius 3 is 2.32 bits per heavy atom. The number of nitrogens with zero attached hydrogens (tertiary/aromatic N) is 1. The van der Waals surface area contributed by atoms with Gasteiger partial charge in [-0.2, -0.15) is 13.2 Å². The Balaban J connectivity index is 1.69. The normalized spacial score (nSPS) is 17.6. The lowest BCUT2D eigenvalue weighted by Crippen LogP contribution is -2.34. The lowest BCUT2D eigenvalue weighted by molar-refractivity contribution is -0.139. The molecule has 0 aliphatic carbocycles. The number of carboxylic acid groups (broad SMARTS) is 1. The largest absolute Gasteiger partial charge is 0.481 e. The van der Waals surface area contributed by atoms with Crippen LogP contribution < -0.4 is 0 Å². The van der Waals surface area contributed by atoms with E-state index >= 15 is 0 Å². The molecule has 196 valence electrons. The zero-order valence-electron chi connectivity index (χ0n) is 21.3. The first-order chi connectivity index (χ1) is 17.6. The summed E-state index contributed by atoms with van der Waals surface area (Å²) in [5, 5.41) is 10.0. The summed E-state index contributed by atoms with van der Waals surface area (Å²) < 4.78 is 39.4. The molecule has 1 aliphatic heterocycles. The molecule has 2 unspecified atom stereocenters. The van der Waals surface area contributed by atoms with Crippen molar-refractivity contribution in [1.82, 2.24) is 4.90 Å². The highest BCUT2D eigenvalue weighted by Gasteiger charge is 2.30. The van der Waals surface area contributed by atoms with Gasteiger partial charge in [0.15, 0.2) is 0 Å². The highest BCUT2D eigenvalue weighted by molar-refractivity contribution is 5.77. The number of likely N-dealkylation sites (tertiary alicyclic amines) is 1. The summed E-state index contributed by atoms with van der Waals surface area (Å²) in [5.41, 5.74) is 3.75. The van der Waals surface area contributed by atoms with E-state index in [-0.39, 0.29) is 11.8 Å². The van der Waals surface area contributed by atoms with E-state index in [1.807, 2.05) is 50.2 Å². The Morgan fingerprint density at radius 2 is 1.70 bits per heavy atom. The minimum absolute atomic E-state index is 0.190. The van der Waals surface area contributed by atoms with Crippen LogP contribution in [0.15, 0.2) is 72.8 Å². The second-order valence-corrected chi connectivity index (χ2v) is 10.5. The van der Waals surface area contributed by atoms with Crippen LogP contribution in [-0.2, 0) is 17.5 Å². The van der Waals surface area contributed by atoms with Gasteiger partial charge in [0.05, 0.1) is 11.5 Å². The maximum atomic E-state index is 13.1. The SMILES string of the molecule is CC(C)CC(C(=O)O)c1cc(-c2ccc(C(F)(F)F)cc2)cc(C2CCCN(Cc3ccccc3)C2)c1. The molecule has 0 saturated carbocycles. The number of benzene rings is 3. The van der Waals surface area contributed by atoms with Crippen molar-refractivity contribution in [3.05, 3.63) is 95.1 Å². The predicted octanol–water partition coefficient (Wildman–Crippen LogP) is 7.97. The monoisotopic (exact) mass is 509 g/mol. The van der Waals surface area contributed by atoms with E-state index in [0.717, 1.165) is 55.7 Å². The lowest BCUT2D eigenvalue weighted by atomic mass is 9.83. The molecular weight excluding hydrogens is 475 g/mol. The molecule has 1 aliphatic rings. The summed E-state index contributed by atoms with van der Waals surface area (Å²) in [4.78, 5) is 14.7. The van der Waals surface area contributed by atoms with E-state index in [2.05, 4.69) is 17.0 Å². The summed E-state index contributed by atoms with van der Waals surface area (Å²) in [6, 6.07) is 21.4. The van der Waals surface area contributed by atoms with Crippen molar-refractivity contribution in [3.8, 4) is 11.1 Å². The fraction of sp³-hybridized carbons (Fsp3) is 0.387. The predicted molar refractivity (Wildman–Crippen MR) is 140 cm³/mol. The number of carbonyl (C=O) groups is 1. The Morgan fingerprint density at radius 1 is 1.00 bits per heavy atom. The second kappa shape index (κ2) is 11.5. The summed E-state index contributed by atoms with van der Waals surface area (Å²) in [6.07, 6.45) is -1.88. The van der Waals surface area contributed by atoms with Gasteiger partial charge in [-0.05, 0) is 77.6 Å². The van der Waals surface area contributed by atoms with Crippen LogP contribution in [0.4, 0.5) is 13.2 Å². The number of alkyl halides is 3. The smallest absolute Gasteiger partial charge is 0.416 e. The zero-order valence-corrected chi connectivity index (χ0v) is 21.3. The molecule has 0 bridgehead atoms. The Kier molecular flexibility index (Phi) is 8.38. The minimum Gasteiger partial charge on any atom is -0.481 e. The molecule has 1 fully saturated rings. The molecule has 0 amide bonds. The van der Waals surface area contributed by atoms with Gasteiger partial charge in [0.25, 0.3) is 0 Å². The molecule has 0 radical (unpaired) electrons. The number of hydrogen-bond acceptors (Lipinski definition) is 2. The van der Waals surface area contributed by atoms with E-state index in [1.54, 1.807) is 0 Å². The average molecular weight is 510 g/mol. The van der Waals surface area contributed by atoms with Gasteiger partial charge in [-0.3, -0.25) is 9.69 Å². The molecular formula is C31H34F3NO2. The summed E-state index contributed by atoms with van der Waals surface area (Å²) >= 11 is 0. The van der Waals surface area contributed by atoms with E-state index in [1.165, 1.54) is 17.7 Å². The van der Waals surface area contributed by atoms with Crippen molar-refractivity contribution in [2.24, 2.45) is 5.92 Å². The molecule has 1 heterocycles. The van der Waals surface area contributed by atoms with E-state index in [9.17, 15) is 23.1 Å². The number of hydrogen-bond donors (Lipinski definition) is 1. The van der Waals surface area contributed by atoms with Crippen LogP contribution in [0.2, 0.25) is 0 Å². The molecule has 3 aromatic rings. The van der Waals surface area contributed by atoms with Crippen molar-refractivity contribution in [1.29, 1.82) is 0 Å². The summed E-state index contributed by atoms with van der Waals surface area (Å²) in [6.45, 7) is 6.71. The molecule has 6 heteroatoms. The first-order valence-corrected chi connectivity index (χ1v) is 12.9. The van der Waals surface area contributed by atoms with Gasteiger partial charge < -0.3 is 5.11 Å². The molecule has 1 N–H and O–H groups in total. The fourth-order valence-electron chi connectivity index (χ4n) is 5.30. The summed E-state index contributed by atoms with van der Waals surface area (Å²) in [5.74, 6) is -1.13. The quantitative estimate of drug-likeness (QED) is 0.335. The first-order valence-electron chi connectivity index (χ1n) is 12.9. The third-order valence-corrected chi connectivity index (χ3v) is 7.16. The van der Waals surface area contributed by atoms with E-state index < -0.39 is 23.6 Å². The molecule has 3 aromatic carbocycles. The van der Waals surface area contributed by atoms with Crippen LogP contribution in [0.1, 0.15) is 67.2 Å². The van der Waals surface area contributed by atoms with Crippen molar-refractivity contribution in [2.45, 2.75) is 57.7 Å². The van der Waals surface area contributed by atoms with Crippen LogP contribution in [-0.4, -0.2) is 29.1 Å². The van der Waals surface area contributed by atoms with Gasteiger partial charge in [-0.15, -0.1) is 0 Å². The molecule has 2 atom stereocenters. The Hall–Kier alpha value is -3.12. The fourth-order valence-corrected chi connectivity index (χ4v) is 5.30. The van der Waals surface area contributed by atoms with Crippen LogP contribution in [0.25, 0.3) is 11.1 Å². The van der Waals surface area contributed by atoms with Crippen molar-refractivity contribution >= 4 is 5.97 Å². The lowest BCUT2D eigenvalue weighted by Gasteiger charge is -2.33. The van der Waals surface area contributed by atoms with Crippen LogP contribution in [0.5, 0.6) is 0 Å². The first kappa shape index (κ1) is 26.9. The number of carboxylic acids is 1. The molecule has 37 heavy (non-hydrogen) atoms.